The molecule has 1 aromatic carbocycles. The average molecular weight is 274 g/mol. The van der Waals surface area contributed by atoms with Crippen LogP contribution in [0.15, 0.2) is 24.3 Å². The molecule has 0 heterocycles. The first-order valence-electron chi connectivity index (χ1n) is 6.32. The molecule has 0 saturated carbocycles. The fraction of sp³-hybridized carbons (Fsp3) is 0.400. The van der Waals surface area contributed by atoms with E-state index in [1.807, 2.05) is 6.07 Å². The number of ether oxygens (including phenoxy) is 1. The number of benzene rings is 1. The van der Waals surface area contributed by atoms with E-state index in [-0.39, 0.29) is 18.7 Å². The molecule has 5 heteroatoms. The van der Waals surface area contributed by atoms with Gasteiger partial charge in [-0.05, 0) is 32.9 Å². The Labute approximate surface area is 118 Å². The summed E-state index contributed by atoms with van der Waals surface area (Å²) in [6.07, 6.45) is 0.0342. The Kier molecular flexibility index (Phi) is 5.27. The number of carbonyl (C=O) groups is 2. The van der Waals surface area contributed by atoms with Crippen molar-refractivity contribution in [2.45, 2.75) is 39.2 Å². The normalized spacial score (nSPS) is 10.5. The van der Waals surface area contributed by atoms with Crippen molar-refractivity contribution in [2.24, 2.45) is 0 Å². The monoisotopic (exact) mass is 274 g/mol. The van der Waals surface area contributed by atoms with E-state index in [4.69, 9.17) is 10.00 Å². The number of nitrogens with one attached hydrogen (secondary N) is 1. The minimum absolute atomic E-state index is 0.0117. The molecule has 1 N–H and O–H groups in total. The van der Waals surface area contributed by atoms with Crippen LogP contribution < -0.4 is 5.32 Å². The number of para-hydroxylation sites is 1. The average Bonchev–Trinajstić information content (AvgIpc) is 2.35. The molecule has 1 rings (SSSR count). The van der Waals surface area contributed by atoms with Crippen LogP contribution in [0.2, 0.25) is 0 Å². The molecule has 0 aliphatic heterocycles. The summed E-state index contributed by atoms with van der Waals surface area (Å²) in [4.78, 5) is 23.2. The number of nitrogens with zero attached hydrogens (tertiary/aromatic N) is 1. The number of amides is 1. The Hall–Kier alpha value is -2.35. The van der Waals surface area contributed by atoms with Crippen molar-refractivity contribution >= 4 is 17.6 Å². The highest BCUT2D eigenvalue weighted by molar-refractivity contribution is 5.93. The molecule has 0 atom stereocenters. The van der Waals surface area contributed by atoms with Gasteiger partial charge in [0.25, 0.3) is 0 Å². The van der Waals surface area contributed by atoms with Gasteiger partial charge in [0.15, 0.2) is 0 Å². The lowest BCUT2D eigenvalue weighted by Gasteiger charge is -2.19. The molecule has 0 aromatic heterocycles. The molecule has 0 aliphatic carbocycles. The summed E-state index contributed by atoms with van der Waals surface area (Å²) in [6.45, 7) is 5.32. The van der Waals surface area contributed by atoms with E-state index in [0.717, 1.165) is 0 Å². The van der Waals surface area contributed by atoms with E-state index in [9.17, 15) is 9.59 Å². The Morgan fingerprint density at radius 3 is 2.50 bits per heavy atom. The fourth-order valence-corrected chi connectivity index (χ4v) is 1.51. The lowest BCUT2D eigenvalue weighted by molar-refractivity contribution is -0.155. The number of anilines is 1. The number of nitriles is 1. The number of hydrogen-bond donors (Lipinski definition) is 1. The van der Waals surface area contributed by atoms with Crippen molar-refractivity contribution in [3.8, 4) is 6.07 Å². The van der Waals surface area contributed by atoms with Gasteiger partial charge >= 0.3 is 5.97 Å². The summed E-state index contributed by atoms with van der Waals surface area (Å²) < 4.78 is 5.11. The fourth-order valence-electron chi connectivity index (χ4n) is 1.51. The molecular formula is C15H18N2O3. The van der Waals surface area contributed by atoms with Crippen LogP contribution in [-0.2, 0) is 14.3 Å². The Morgan fingerprint density at radius 1 is 1.25 bits per heavy atom. The van der Waals surface area contributed by atoms with Crippen LogP contribution in [0.25, 0.3) is 0 Å². The van der Waals surface area contributed by atoms with E-state index < -0.39 is 11.6 Å². The molecule has 0 aliphatic rings. The predicted octanol–water partition coefficient (Wildman–Crippen LogP) is 2.62. The third-order valence-corrected chi connectivity index (χ3v) is 2.30. The summed E-state index contributed by atoms with van der Waals surface area (Å²) in [5.41, 5.74) is 0.281. The van der Waals surface area contributed by atoms with Gasteiger partial charge in [0.1, 0.15) is 11.7 Å². The van der Waals surface area contributed by atoms with Gasteiger partial charge in [-0.3, -0.25) is 9.59 Å². The number of carbonyl (C=O) groups excluding carboxylic acids is 2. The largest absolute Gasteiger partial charge is 0.460 e. The van der Waals surface area contributed by atoms with Crippen LogP contribution in [0.3, 0.4) is 0 Å². The van der Waals surface area contributed by atoms with Gasteiger partial charge in [-0.2, -0.15) is 5.26 Å². The molecule has 0 spiro atoms. The third-order valence-electron chi connectivity index (χ3n) is 2.30. The zero-order chi connectivity index (χ0) is 15.2. The van der Waals surface area contributed by atoms with E-state index in [1.165, 1.54) is 0 Å². The first kappa shape index (κ1) is 15.7. The molecule has 0 fully saturated rings. The highest BCUT2D eigenvalue weighted by Crippen LogP contribution is 2.14. The lowest BCUT2D eigenvalue weighted by atomic mass is 10.2. The Bertz CT molecular complexity index is 539. The van der Waals surface area contributed by atoms with Crippen molar-refractivity contribution < 1.29 is 14.3 Å². The number of rotatable bonds is 4. The lowest BCUT2D eigenvalue weighted by Crippen LogP contribution is -2.24. The highest BCUT2D eigenvalue weighted by Gasteiger charge is 2.17. The van der Waals surface area contributed by atoms with Crippen LogP contribution in [0.1, 0.15) is 39.2 Å². The van der Waals surface area contributed by atoms with E-state index in [0.29, 0.717) is 11.3 Å². The first-order chi connectivity index (χ1) is 9.31. The van der Waals surface area contributed by atoms with Gasteiger partial charge in [-0.15, -0.1) is 0 Å². The van der Waals surface area contributed by atoms with Gasteiger partial charge in [0.05, 0.1) is 17.7 Å². The standard InChI is InChI=1S/C15H18N2O3/c1-15(2,3)20-14(19)9-8-13(18)17-12-7-5-4-6-11(12)10-16/h4-7H,8-9H2,1-3H3,(H,17,18). The van der Waals surface area contributed by atoms with Crippen molar-refractivity contribution in [2.75, 3.05) is 5.32 Å². The van der Waals surface area contributed by atoms with Crippen molar-refractivity contribution in [1.82, 2.24) is 0 Å². The van der Waals surface area contributed by atoms with E-state index in [1.54, 1.807) is 45.0 Å². The van der Waals surface area contributed by atoms with Crippen LogP contribution in [0.4, 0.5) is 5.69 Å². The molecule has 0 unspecified atom stereocenters. The van der Waals surface area contributed by atoms with Gasteiger partial charge in [-0.25, -0.2) is 0 Å². The Balaban J connectivity index is 2.49. The third kappa shape index (κ3) is 5.53. The molecule has 20 heavy (non-hydrogen) atoms. The molecular weight excluding hydrogens is 256 g/mol. The van der Waals surface area contributed by atoms with Crippen molar-refractivity contribution in [3.05, 3.63) is 29.8 Å². The van der Waals surface area contributed by atoms with Crippen LogP contribution >= 0.6 is 0 Å². The second-order valence-electron chi connectivity index (χ2n) is 5.29. The molecule has 0 saturated heterocycles. The second kappa shape index (κ2) is 6.71. The molecule has 0 radical (unpaired) electrons. The number of esters is 1. The minimum Gasteiger partial charge on any atom is -0.460 e. The summed E-state index contributed by atoms with van der Waals surface area (Å²) in [7, 11) is 0. The van der Waals surface area contributed by atoms with Crippen molar-refractivity contribution in [3.63, 3.8) is 0 Å². The van der Waals surface area contributed by atoms with Gasteiger partial charge in [-0.1, -0.05) is 12.1 Å². The number of hydrogen-bond acceptors (Lipinski definition) is 4. The maximum Gasteiger partial charge on any atom is 0.306 e. The SMILES string of the molecule is CC(C)(C)OC(=O)CCC(=O)Nc1ccccc1C#N. The highest BCUT2D eigenvalue weighted by atomic mass is 16.6. The molecule has 1 amide bonds. The van der Waals surface area contributed by atoms with Gasteiger partial charge in [0, 0.05) is 6.42 Å². The maximum absolute atomic E-state index is 11.7. The summed E-state index contributed by atoms with van der Waals surface area (Å²) in [6, 6.07) is 8.69. The smallest absolute Gasteiger partial charge is 0.306 e. The molecule has 5 nitrogen and oxygen atoms in total. The molecule has 1 aromatic rings. The first-order valence-corrected chi connectivity index (χ1v) is 6.32. The summed E-state index contributed by atoms with van der Waals surface area (Å²) in [5.74, 6) is -0.736. The zero-order valence-electron chi connectivity index (χ0n) is 11.9. The Morgan fingerprint density at radius 2 is 1.90 bits per heavy atom. The van der Waals surface area contributed by atoms with E-state index in [2.05, 4.69) is 5.32 Å². The van der Waals surface area contributed by atoms with Crippen LogP contribution in [0.5, 0.6) is 0 Å². The van der Waals surface area contributed by atoms with Crippen LogP contribution in [0, 0.1) is 11.3 Å². The minimum atomic E-state index is -0.555. The quantitative estimate of drug-likeness (QED) is 0.856. The summed E-state index contributed by atoms with van der Waals surface area (Å²) in [5, 5.41) is 11.5. The van der Waals surface area contributed by atoms with Crippen molar-refractivity contribution in [1.29, 1.82) is 5.26 Å². The van der Waals surface area contributed by atoms with Gasteiger partial charge in [0.2, 0.25) is 5.91 Å². The maximum atomic E-state index is 11.7. The van der Waals surface area contributed by atoms with Crippen LogP contribution in [-0.4, -0.2) is 17.5 Å². The second-order valence-corrected chi connectivity index (χ2v) is 5.29. The van der Waals surface area contributed by atoms with Gasteiger partial charge < -0.3 is 10.1 Å². The zero-order valence-corrected chi connectivity index (χ0v) is 11.9. The van der Waals surface area contributed by atoms with E-state index >= 15 is 0 Å². The molecule has 0 bridgehead atoms. The predicted molar refractivity (Wildman–Crippen MR) is 74.9 cm³/mol. The topological polar surface area (TPSA) is 79.2 Å². The molecule has 106 valence electrons. The summed E-state index contributed by atoms with van der Waals surface area (Å²) >= 11 is 0.